The van der Waals surface area contributed by atoms with Crippen LogP contribution in [0, 0.1) is 0 Å². The maximum atomic E-state index is 12.7. The van der Waals surface area contributed by atoms with Gasteiger partial charge in [0.25, 0.3) is 5.91 Å². The molecule has 6 heteroatoms. The van der Waals surface area contributed by atoms with Crippen LogP contribution < -0.4 is 10.3 Å². The predicted octanol–water partition coefficient (Wildman–Crippen LogP) is 1.91. The van der Waals surface area contributed by atoms with Gasteiger partial charge < -0.3 is 5.32 Å². The van der Waals surface area contributed by atoms with Gasteiger partial charge in [0.15, 0.2) is 0 Å². The van der Waals surface area contributed by atoms with Crippen molar-refractivity contribution in [3.63, 3.8) is 0 Å². The second-order valence-corrected chi connectivity index (χ2v) is 7.06. The van der Waals surface area contributed by atoms with Gasteiger partial charge in [-0.2, -0.15) is 5.10 Å². The average Bonchev–Trinajstić information content (AvgIpc) is 3.06. The summed E-state index contributed by atoms with van der Waals surface area (Å²) in [5.41, 5.74) is 1.16. The number of nitrogens with one attached hydrogen (secondary N) is 1. The summed E-state index contributed by atoms with van der Waals surface area (Å²) in [4.78, 5) is 27.4. The largest absolute Gasteiger partial charge is 0.347 e. The Morgan fingerprint density at radius 1 is 1.08 bits per heavy atom. The molecule has 0 bridgehead atoms. The van der Waals surface area contributed by atoms with Crippen LogP contribution in [0.2, 0.25) is 0 Å². The summed E-state index contributed by atoms with van der Waals surface area (Å²) in [5.74, 6) is -0.187. The van der Waals surface area contributed by atoms with E-state index in [4.69, 9.17) is 0 Å². The van der Waals surface area contributed by atoms with E-state index in [1.54, 1.807) is 0 Å². The van der Waals surface area contributed by atoms with Gasteiger partial charge in [0.2, 0.25) is 5.91 Å². The lowest BCUT2D eigenvalue weighted by molar-refractivity contribution is -0.119. The Kier molecular flexibility index (Phi) is 4.53. The van der Waals surface area contributed by atoms with Gasteiger partial charge in [-0.1, -0.05) is 24.6 Å². The number of carbonyl (C=O) groups is 2. The number of hydrazone groups is 1. The van der Waals surface area contributed by atoms with E-state index >= 15 is 0 Å². The minimum atomic E-state index is -0.120. The summed E-state index contributed by atoms with van der Waals surface area (Å²) in [7, 11) is 0. The van der Waals surface area contributed by atoms with E-state index in [0.29, 0.717) is 30.3 Å². The molecular formula is C19H24N4O2. The van der Waals surface area contributed by atoms with Crippen molar-refractivity contribution in [2.75, 3.05) is 18.1 Å². The van der Waals surface area contributed by atoms with E-state index in [2.05, 4.69) is 15.3 Å². The molecule has 2 saturated heterocycles. The van der Waals surface area contributed by atoms with Crippen LogP contribution in [0.5, 0.6) is 0 Å². The van der Waals surface area contributed by atoms with Crippen LogP contribution in [-0.2, 0) is 9.59 Å². The first kappa shape index (κ1) is 16.3. The molecule has 3 aliphatic rings. The summed E-state index contributed by atoms with van der Waals surface area (Å²) in [6.45, 7) is 2.21. The Balaban J connectivity index is 1.47. The molecule has 2 amide bonds. The molecule has 1 N–H and O–H groups in total. The Bertz CT molecular complexity index is 688. The highest BCUT2D eigenvalue weighted by Gasteiger charge is 2.37. The first-order valence-corrected chi connectivity index (χ1v) is 9.23. The molecule has 3 heterocycles. The van der Waals surface area contributed by atoms with Crippen molar-refractivity contribution in [2.24, 2.45) is 5.10 Å². The molecule has 0 unspecified atom stereocenters. The zero-order valence-electron chi connectivity index (χ0n) is 14.4. The van der Waals surface area contributed by atoms with Gasteiger partial charge >= 0.3 is 0 Å². The third kappa shape index (κ3) is 3.31. The highest BCUT2D eigenvalue weighted by atomic mass is 16.2. The first-order chi connectivity index (χ1) is 12.2. The molecule has 6 nitrogen and oxygen atoms in total. The molecule has 25 heavy (non-hydrogen) atoms. The van der Waals surface area contributed by atoms with Crippen molar-refractivity contribution in [3.05, 3.63) is 30.3 Å². The predicted molar refractivity (Wildman–Crippen MR) is 96.4 cm³/mol. The molecular weight excluding hydrogens is 316 g/mol. The lowest BCUT2D eigenvalue weighted by Gasteiger charge is -2.32. The average molecular weight is 340 g/mol. The molecule has 0 aromatic heterocycles. The third-order valence-electron chi connectivity index (χ3n) is 5.47. The SMILES string of the molecule is O=C(N[C@@H]1CCN2CCCC[C@@H]12)C1=NN(c2ccccc2)C(=O)CC1. The molecule has 132 valence electrons. The normalized spacial score (nSPS) is 27.0. The number of anilines is 1. The fraction of sp³-hybridized carbons (Fsp3) is 0.526. The van der Waals surface area contributed by atoms with Gasteiger partial charge in [-0.15, -0.1) is 0 Å². The Labute approximate surface area is 147 Å². The van der Waals surface area contributed by atoms with Crippen LogP contribution in [0.25, 0.3) is 0 Å². The van der Waals surface area contributed by atoms with Crippen molar-refractivity contribution in [1.82, 2.24) is 10.2 Å². The zero-order valence-corrected chi connectivity index (χ0v) is 14.4. The molecule has 1 aromatic carbocycles. The smallest absolute Gasteiger partial charge is 0.267 e. The molecule has 1 aromatic rings. The number of hydrogen-bond acceptors (Lipinski definition) is 4. The second kappa shape index (κ2) is 6.96. The van der Waals surface area contributed by atoms with Crippen molar-refractivity contribution in [2.45, 2.75) is 50.6 Å². The quantitative estimate of drug-likeness (QED) is 0.914. The van der Waals surface area contributed by atoms with Crippen LogP contribution in [0.15, 0.2) is 35.4 Å². The lowest BCUT2D eigenvalue weighted by Crippen LogP contribution is -2.49. The summed E-state index contributed by atoms with van der Waals surface area (Å²) in [5, 5.41) is 8.90. The molecule has 0 spiro atoms. The maximum absolute atomic E-state index is 12.7. The molecule has 0 saturated carbocycles. The van der Waals surface area contributed by atoms with Gasteiger partial charge in [0, 0.05) is 31.5 Å². The van der Waals surface area contributed by atoms with Gasteiger partial charge in [-0.05, 0) is 37.9 Å². The van der Waals surface area contributed by atoms with E-state index in [1.807, 2.05) is 30.3 Å². The minimum absolute atomic E-state index is 0.0675. The van der Waals surface area contributed by atoms with Crippen LogP contribution in [0.1, 0.15) is 38.5 Å². The van der Waals surface area contributed by atoms with E-state index in [0.717, 1.165) is 25.9 Å². The van der Waals surface area contributed by atoms with E-state index in [9.17, 15) is 9.59 Å². The van der Waals surface area contributed by atoms with Crippen LogP contribution in [0.4, 0.5) is 5.69 Å². The number of fused-ring (bicyclic) bond motifs is 1. The Morgan fingerprint density at radius 2 is 1.92 bits per heavy atom. The standard InChI is InChI=1S/C19H24N4O2/c24-18-10-9-16(21-23(18)14-6-2-1-3-7-14)19(25)20-15-11-13-22-12-5-4-8-17(15)22/h1-3,6-7,15,17H,4-5,8-13H2,(H,20,25)/t15-,17+/m1/s1. The topological polar surface area (TPSA) is 65.0 Å². The zero-order chi connectivity index (χ0) is 17.2. The van der Waals surface area contributed by atoms with Gasteiger partial charge in [-0.3, -0.25) is 14.5 Å². The van der Waals surface area contributed by atoms with E-state index < -0.39 is 0 Å². The number of nitrogens with zero attached hydrogens (tertiary/aromatic N) is 3. The number of carbonyl (C=O) groups excluding carboxylic acids is 2. The number of hydrogen-bond donors (Lipinski definition) is 1. The van der Waals surface area contributed by atoms with Crippen LogP contribution >= 0.6 is 0 Å². The van der Waals surface area contributed by atoms with Crippen molar-refractivity contribution < 1.29 is 9.59 Å². The first-order valence-electron chi connectivity index (χ1n) is 9.23. The van der Waals surface area contributed by atoms with E-state index in [1.165, 1.54) is 17.9 Å². The second-order valence-electron chi connectivity index (χ2n) is 7.06. The maximum Gasteiger partial charge on any atom is 0.267 e. The number of para-hydroxylation sites is 1. The summed E-state index contributed by atoms with van der Waals surface area (Å²) < 4.78 is 0. The molecule has 4 rings (SSSR count). The van der Waals surface area contributed by atoms with E-state index in [-0.39, 0.29) is 17.9 Å². The Hall–Kier alpha value is -2.21. The number of piperidine rings is 1. The van der Waals surface area contributed by atoms with Gasteiger partial charge in [0.1, 0.15) is 5.71 Å². The third-order valence-corrected chi connectivity index (χ3v) is 5.47. The molecule has 0 radical (unpaired) electrons. The summed E-state index contributed by atoms with van der Waals surface area (Å²) >= 11 is 0. The number of benzene rings is 1. The van der Waals surface area contributed by atoms with Crippen LogP contribution in [0.3, 0.4) is 0 Å². The fourth-order valence-corrected chi connectivity index (χ4v) is 4.15. The van der Waals surface area contributed by atoms with Gasteiger partial charge in [0.05, 0.1) is 5.69 Å². The number of rotatable bonds is 3. The molecule has 3 aliphatic heterocycles. The van der Waals surface area contributed by atoms with Crippen LogP contribution in [-0.4, -0.2) is 47.6 Å². The highest BCUT2D eigenvalue weighted by molar-refractivity contribution is 6.40. The van der Waals surface area contributed by atoms with Gasteiger partial charge in [-0.25, -0.2) is 5.01 Å². The summed E-state index contributed by atoms with van der Waals surface area (Å²) in [6, 6.07) is 9.96. The lowest BCUT2D eigenvalue weighted by atomic mass is 9.98. The minimum Gasteiger partial charge on any atom is -0.347 e. The fourth-order valence-electron chi connectivity index (χ4n) is 4.15. The van der Waals surface area contributed by atoms with Crippen molar-refractivity contribution >= 4 is 23.2 Å². The molecule has 0 aliphatic carbocycles. The molecule has 2 fully saturated rings. The van der Waals surface area contributed by atoms with Crippen molar-refractivity contribution in [3.8, 4) is 0 Å². The van der Waals surface area contributed by atoms with Crippen molar-refractivity contribution in [1.29, 1.82) is 0 Å². The molecule has 2 atom stereocenters. The summed E-state index contributed by atoms with van der Waals surface area (Å²) in [6.07, 6.45) is 5.40. The number of amides is 2. The Morgan fingerprint density at radius 3 is 2.76 bits per heavy atom. The highest BCUT2D eigenvalue weighted by Crippen LogP contribution is 2.27. The monoisotopic (exact) mass is 340 g/mol.